The molecule has 4 aromatic rings. The van der Waals surface area contributed by atoms with E-state index in [9.17, 15) is 4.79 Å². The Morgan fingerprint density at radius 3 is 2.61 bits per heavy atom. The van der Waals surface area contributed by atoms with Crippen molar-refractivity contribution >= 4 is 21.6 Å². The smallest absolute Gasteiger partial charge is 0.261 e. The molecule has 0 saturated heterocycles. The second-order valence-electron chi connectivity index (χ2n) is 5.18. The van der Waals surface area contributed by atoms with Crippen molar-refractivity contribution in [2.75, 3.05) is 0 Å². The first-order chi connectivity index (χ1) is 11.3. The molecular formula is C18H13N3OS. The molecule has 4 rings (SSSR count). The summed E-state index contributed by atoms with van der Waals surface area (Å²) in [5.74, 6) is 0. The molecule has 2 aromatic heterocycles. The Hall–Kier alpha value is -2.79. The summed E-state index contributed by atoms with van der Waals surface area (Å²) in [7, 11) is 0. The van der Waals surface area contributed by atoms with Crippen LogP contribution < -0.4 is 5.56 Å². The lowest BCUT2D eigenvalue weighted by molar-refractivity contribution is 0.735. The third kappa shape index (κ3) is 2.66. The normalized spacial score (nSPS) is 11.0. The molecule has 0 fully saturated rings. The largest absolute Gasteiger partial charge is 0.292 e. The van der Waals surface area contributed by atoms with Crippen LogP contribution in [-0.2, 0) is 6.54 Å². The highest BCUT2D eigenvalue weighted by atomic mass is 32.1. The molecule has 2 heterocycles. The van der Waals surface area contributed by atoms with Crippen LogP contribution in [0.1, 0.15) is 5.01 Å². The van der Waals surface area contributed by atoms with Crippen molar-refractivity contribution in [3.8, 4) is 11.1 Å². The van der Waals surface area contributed by atoms with Crippen molar-refractivity contribution in [3.05, 3.63) is 82.5 Å². The van der Waals surface area contributed by atoms with Crippen molar-refractivity contribution in [1.82, 2.24) is 14.5 Å². The van der Waals surface area contributed by atoms with Crippen molar-refractivity contribution in [3.63, 3.8) is 0 Å². The maximum absolute atomic E-state index is 12.7. The minimum Gasteiger partial charge on any atom is -0.292 e. The Kier molecular flexibility index (Phi) is 3.48. The zero-order chi connectivity index (χ0) is 15.6. The van der Waals surface area contributed by atoms with Gasteiger partial charge < -0.3 is 0 Å². The topological polar surface area (TPSA) is 47.8 Å². The molecule has 0 aliphatic carbocycles. The van der Waals surface area contributed by atoms with Gasteiger partial charge in [-0.2, -0.15) is 0 Å². The summed E-state index contributed by atoms with van der Waals surface area (Å²) in [6.45, 7) is 0.436. The van der Waals surface area contributed by atoms with Crippen molar-refractivity contribution in [2.45, 2.75) is 6.54 Å². The summed E-state index contributed by atoms with van der Waals surface area (Å²) in [5.41, 5.74) is 2.40. The van der Waals surface area contributed by atoms with Crippen LogP contribution in [0.4, 0.5) is 0 Å². The molecule has 0 amide bonds. The minimum absolute atomic E-state index is 0.0505. The highest BCUT2D eigenvalue weighted by Gasteiger charge is 2.09. The highest BCUT2D eigenvalue weighted by Crippen LogP contribution is 2.22. The Bertz CT molecular complexity index is 988. The molecule has 0 bridgehead atoms. The fraction of sp³-hybridized carbons (Fsp3) is 0.0556. The van der Waals surface area contributed by atoms with E-state index in [1.165, 1.54) is 0 Å². The average molecular weight is 319 g/mol. The van der Waals surface area contributed by atoms with Gasteiger partial charge in [0.05, 0.1) is 28.7 Å². The van der Waals surface area contributed by atoms with Crippen molar-refractivity contribution in [1.29, 1.82) is 0 Å². The van der Waals surface area contributed by atoms with E-state index < -0.39 is 0 Å². The molecule has 0 radical (unpaired) electrons. The summed E-state index contributed by atoms with van der Waals surface area (Å²) in [5, 5.41) is 0.903. The van der Waals surface area contributed by atoms with Gasteiger partial charge in [-0.15, -0.1) is 11.3 Å². The molecule has 5 heteroatoms. The first kappa shape index (κ1) is 13.8. The van der Waals surface area contributed by atoms with Gasteiger partial charge in [-0.1, -0.05) is 42.5 Å². The maximum atomic E-state index is 12.7. The molecule has 0 N–H and O–H groups in total. The van der Waals surface area contributed by atoms with Gasteiger partial charge in [0.15, 0.2) is 0 Å². The van der Waals surface area contributed by atoms with Gasteiger partial charge in [0, 0.05) is 6.20 Å². The van der Waals surface area contributed by atoms with Gasteiger partial charge in [-0.3, -0.25) is 9.36 Å². The predicted octanol–water partition coefficient (Wildman–Crippen LogP) is 3.57. The average Bonchev–Trinajstić information content (AvgIpc) is 3.00. The van der Waals surface area contributed by atoms with Crippen LogP contribution in [0, 0.1) is 0 Å². The zero-order valence-electron chi connectivity index (χ0n) is 12.2. The van der Waals surface area contributed by atoms with E-state index in [0.29, 0.717) is 12.1 Å². The second-order valence-corrected chi connectivity index (χ2v) is 6.30. The lowest BCUT2D eigenvalue weighted by Gasteiger charge is -2.05. The van der Waals surface area contributed by atoms with E-state index in [1.807, 2.05) is 54.6 Å². The van der Waals surface area contributed by atoms with Crippen LogP contribution in [0.25, 0.3) is 21.3 Å². The van der Waals surface area contributed by atoms with E-state index in [-0.39, 0.29) is 5.56 Å². The number of para-hydroxylation sites is 1. The molecule has 4 nitrogen and oxygen atoms in total. The Balaban J connectivity index is 1.74. The van der Waals surface area contributed by atoms with Gasteiger partial charge in [-0.25, -0.2) is 9.97 Å². The Morgan fingerprint density at radius 1 is 1.00 bits per heavy atom. The molecule has 0 atom stereocenters. The molecule has 2 aromatic carbocycles. The first-order valence-electron chi connectivity index (χ1n) is 7.25. The molecular weight excluding hydrogens is 306 g/mol. The number of nitrogens with zero attached hydrogens (tertiary/aromatic N) is 3. The van der Waals surface area contributed by atoms with Crippen LogP contribution >= 0.6 is 11.3 Å². The number of hydrogen-bond donors (Lipinski definition) is 0. The summed E-state index contributed by atoms with van der Waals surface area (Å²) < 4.78 is 2.74. The summed E-state index contributed by atoms with van der Waals surface area (Å²) in [6.07, 6.45) is 3.19. The predicted molar refractivity (Wildman–Crippen MR) is 92.7 cm³/mol. The van der Waals surface area contributed by atoms with Crippen LogP contribution in [0.2, 0.25) is 0 Å². The molecule has 0 saturated carbocycles. The maximum Gasteiger partial charge on any atom is 0.261 e. The fourth-order valence-electron chi connectivity index (χ4n) is 2.51. The molecule has 112 valence electrons. The summed E-state index contributed by atoms with van der Waals surface area (Å²) in [6, 6.07) is 17.6. The van der Waals surface area contributed by atoms with Gasteiger partial charge in [-0.05, 0) is 17.7 Å². The lowest BCUT2D eigenvalue weighted by atomic mass is 10.1. The third-order valence-corrected chi connectivity index (χ3v) is 4.65. The Labute approximate surface area is 136 Å². The van der Waals surface area contributed by atoms with E-state index in [1.54, 1.807) is 28.4 Å². The van der Waals surface area contributed by atoms with E-state index >= 15 is 0 Å². The fourth-order valence-corrected chi connectivity index (χ4v) is 3.48. The standard InChI is InChI=1S/C18H13N3OS/c22-18-14(13-6-2-1-3-7-13)10-19-12-21(18)11-17-20-15-8-4-5-9-16(15)23-17/h1-10,12H,11H2. The Morgan fingerprint density at radius 2 is 1.78 bits per heavy atom. The SMILES string of the molecule is O=c1c(-c2ccccc2)cncn1Cc1nc2ccccc2s1. The van der Waals surface area contributed by atoms with Crippen molar-refractivity contribution < 1.29 is 0 Å². The number of fused-ring (bicyclic) bond motifs is 1. The van der Waals surface area contributed by atoms with Crippen LogP contribution in [0.15, 0.2) is 71.9 Å². The highest BCUT2D eigenvalue weighted by molar-refractivity contribution is 7.18. The zero-order valence-corrected chi connectivity index (χ0v) is 13.0. The molecule has 0 unspecified atom stereocenters. The number of hydrogen-bond acceptors (Lipinski definition) is 4. The van der Waals surface area contributed by atoms with Gasteiger partial charge in [0.2, 0.25) is 0 Å². The number of thiazole rings is 1. The van der Waals surface area contributed by atoms with Crippen LogP contribution in [0.5, 0.6) is 0 Å². The molecule has 0 spiro atoms. The number of aromatic nitrogens is 3. The second kappa shape index (κ2) is 5.78. The van der Waals surface area contributed by atoms with Crippen molar-refractivity contribution in [2.24, 2.45) is 0 Å². The van der Waals surface area contributed by atoms with Crippen LogP contribution in [0.3, 0.4) is 0 Å². The van der Waals surface area contributed by atoms with E-state index in [0.717, 1.165) is 20.8 Å². The minimum atomic E-state index is -0.0505. The monoisotopic (exact) mass is 319 g/mol. The van der Waals surface area contributed by atoms with Gasteiger partial charge in [0.1, 0.15) is 5.01 Å². The molecule has 0 aliphatic rings. The lowest BCUT2D eigenvalue weighted by Crippen LogP contribution is -2.22. The quantitative estimate of drug-likeness (QED) is 0.580. The first-order valence-corrected chi connectivity index (χ1v) is 8.07. The van der Waals surface area contributed by atoms with Gasteiger partial charge >= 0.3 is 0 Å². The molecule has 0 aliphatic heterocycles. The number of rotatable bonds is 3. The summed E-state index contributed by atoms with van der Waals surface area (Å²) >= 11 is 1.60. The number of benzene rings is 2. The van der Waals surface area contributed by atoms with Gasteiger partial charge in [0.25, 0.3) is 5.56 Å². The molecule has 23 heavy (non-hydrogen) atoms. The van der Waals surface area contributed by atoms with E-state index in [2.05, 4.69) is 9.97 Å². The van der Waals surface area contributed by atoms with Crippen LogP contribution in [-0.4, -0.2) is 14.5 Å². The van der Waals surface area contributed by atoms with E-state index in [4.69, 9.17) is 0 Å². The third-order valence-electron chi connectivity index (χ3n) is 3.63. The summed E-state index contributed by atoms with van der Waals surface area (Å²) in [4.78, 5) is 21.5.